The highest BCUT2D eigenvalue weighted by Crippen LogP contribution is 2.27. The first kappa shape index (κ1) is 8.97. The molecule has 0 saturated heterocycles. The second kappa shape index (κ2) is 3.64. The Kier molecular flexibility index (Phi) is 2.51. The number of hydrogen-bond acceptors (Lipinski definition) is 4. The fourth-order valence-corrected chi connectivity index (χ4v) is 2.36. The van der Waals surface area contributed by atoms with Gasteiger partial charge in [0.1, 0.15) is 10.8 Å². The maximum absolute atomic E-state index is 5.77. The number of halogens is 1. The average molecular weight is 216 g/mol. The molecule has 3 nitrogen and oxygen atoms in total. The van der Waals surface area contributed by atoms with Gasteiger partial charge in [0.2, 0.25) is 0 Å². The number of thiazole rings is 1. The first-order chi connectivity index (χ1) is 6.27. The van der Waals surface area contributed by atoms with Crippen LogP contribution in [0.4, 0.5) is 5.00 Å². The van der Waals surface area contributed by atoms with E-state index in [0.717, 1.165) is 30.3 Å². The van der Waals surface area contributed by atoms with Gasteiger partial charge in [0.25, 0.3) is 0 Å². The van der Waals surface area contributed by atoms with E-state index in [1.807, 2.05) is 6.92 Å². The van der Waals surface area contributed by atoms with Crippen LogP contribution in [0.3, 0.4) is 0 Å². The topological polar surface area (TPSA) is 28.5 Å². The molecule has 2 heterocycles. The third kappa shape index (κ3) is 1.84. The summed E-state index contributed by atoms with van der Waals surface area (Å²) in [4.78, 5) is 10.5. The van der Waals surface area contributed by atoms with Crippen molar-refractivity contribution in [2.24, 2.45) is 4.99 Å². The third-order valence-electron chi connectivity index (χ3n) is 2.00. The van der Waals surface area contributed by atoms with Crippen molar-refractivity contribution in [2.75, 3.05) is 18.0 Å². The summed E-state index contributed by atoms with van der Waals surface area (Å²) < 4.78 is 0.591. The van der Waals surface area contributed by atoms with Gasteiger partial charge in [0.15, 0.2) is 4.47 Å². The van der Waals surface area contributed by atoms with E-state index >= 15 is 0 Å². The molecule has 0 aromatic carbocycles. The molecule has 0 bridgehead atoms. The second-order valence-corrected chi connectivity index (χ2v) is 4.48. The van der Waals surface area contributed by atoms with Crippen LogP contribution in [-0.2, 0) is 0 Å². The van der Waals surface area contributed by atoms with Gasteiger partial charge < -0.3 is 4.90 Å². The molecule has 13 heavy (non-hydrogen) atoms. The summed E-state index contributed by atoms with van der Waals surface area (Å²) in [5.41, 5.74) is 0. The van der Waals surface area contributed by atoms with Crippen molar-refractivity contribution < 1.29 is 0 Å². The Morgan fingerprint density at radius 3 is 3.08 bits per heavy atom. The van der Waals surface area contributed by atoms with Gasteiger partial charge >= 0.3 is 0 Å². The Morgan fingerprint density at radius 2 is 2.46 bits per heavy atom. The van der Waals surface area contributed by atoms with Gasteiger partial charge in [-0.25, -0.2) is 4.98 Å². The molecule has 0 amide bonds. The molecule has 0 unspecified atom stereocenters. The molecule has 70 valence electrons. The molecular formula is C8H10ClN3S. The van der Waals surface area contributed by atoms with Crippen molar-refractivity contribution in [2.45, 2.75) is 13.3 Å². The highest BCUT2D eigenvalue weighted by atomic mass is 35.5. The quantitative estimate of drug-likeness (QED) is 0.720. The molecule has 1 aromatic rings. The van der Waals surface area contributed by atoms with Crippen LogP contribution in [0.2, 0.25) is 4.47 Å². The van der Waals surface area contributed by atoms with E-state index in [0.29, 0.717) is 4.47 Å². The molecule has 1 aliphatic heterocycles. The van der Waals surface area contributed by atoms with Gasteiger partial charge in [-0.05, 0) is 13.3 Å². The lowest BCUT2D eigenvalue weighted by Crippen LogP contribution is -2.32. The summed E-state index contributed by atoms with van der Waals surface area (Å²) >= 11 is 7.27. The molecule has 0 atom stereocenters. The Balaban J connectivity index is 2.25. The van der Waals surface area contributed by atoms with E-state index in [1.165, 1.54) is 11.3 Å². The van der Waals surface area contributed by atoms with Crippen molar-refractivity contribution in [1.82, 2.24) is 4.98 Å². The number of rotatable bonds is 1. The highest BCUT2D eigenvalue weighted by molar-refractivity contribution is 7.19. The summed E-state index contributed by atoms with van der Waals surface area (Å²) in [5.74, 6) is 1.06. The van der Waals surface area contributed by atoms with Crippen LogP contribution in [0.25, 0.3) is 0 Å². The fourth-order valence-electron chi connectivity index (χ4n) is 1.36. The minimum atomic E-state index is 0.591. The molecule has 0 saturated carbocycles. The molecule has 0 aliphatic carbocycles. The molecule has 1 aromatic heterocycles. The predicted octanol–water partition coefficient (Wildman–Crippen LogP) is 2.43. The normalized spacial score (nSPS) is 17.4. The summed E-state index contributed by atoms with van der Waals surface area (Å²) in [6, 6.07) is 0. The van der Waals surface area contributed by atoms with Crippen molar-refractivity contribution in [3.63, 3.8) is 0 Å². The zero-order valence-corrected chi connectivity index (χ0v) is 8.90. The number of amidine groups is 1. The predicted molar refractivity (Wildman–Crippen MR) is 57.1 cm³/mol. The molecule has 2 rings (SSSR count). The minimum Gasteiger partial charge on any atom is -0.321 e. The van der Waals surface area contributed by atoms with Crippen LogP contribution in [-0.4, -0.2) is 23.9 Å². The van der Waals surface area contributed by atoms with E-state index in [4.69, 9.17) is 11.6 Å². The van der Waals surface area contributed by atoms with Gasteiger partial charge in [-0.2, -0.15) is 0 Å². The first-order valence-corrected chi connectivity index (χ1v) is 5.37. The van der Waals surface area contributed by atoms with E-state index in [2.05, 4.69) is 14.9 Å². The maximum Gasteiger partial charge on any atom is 0.185 e. The van der Waals surface area contributed by atoms with Gasteiger partial charge in [0, 0.05) is 13.1 Å². The Morgan fingerprint density at radius 1 is 1.62 bits per heavy atom. The summed E-state index contributed by atoms with van der Waals surface area (Å²) in [6.07, 6.45) is 2.91. The van der Waals surface area contributed by atoms with E-state index < -0.39 is 0 Å². The van der Waals surface area contributed by atoms with Gasteiger partial charge in [-0.1, -0.05) is 22.9 Å². The number of nitrogens with zero attached hydrogens (tertiary/aromatic N) is 3. The van der Waals surface area contributed by atoms with Gasteiger partial charge in [0.05, 0.1) is 6.20 Å². The third-order valence-corrected chi connectivity index (χ3v) is 3.14. The Bertz CT molecular complexity index is 334. The zero-order chi connectivity index (χ0) is 9.26. The standard InChI is InChI=1S/C8H10ClN3S/c1-6-10-3-2-4-12(6)7-5-11-8(9)13-7/h5H,2-4H2,1H3. The lowest BCUT2D eigenvalue weighted by molar-refractivity contribution is 0.790. The highest BCUT2D eigenvalue weighted by Gasteiger charge is 2.15. The smallest absolute Gasteiger partial charge is 0.185 e. The van der Waals surface area contributed by atoms with Crippen LogP contribution < -0.4 is 4.90 Å². The SMILES string of the molecule is CC1=NCCCN1c1cnc(Cl)s1. The molecule has 1 aliphatic rings. The Hall–Kier alpha value is -0.610. The van der Waals surface area contributed by atoms with Gasteiger partial charge in [-0.15, -0.1) is 0 Å². The monoisotopic (exact) mass is 215 g/mol. The number of aromatic nitrogens is 1. The van der Waals surface area contributed by atoms with Crippen LogP contribution in [0, 0.1) is 0 Å². The zero-order valence-electron chi connectivity index (χ0n) is 7.33. The fraction of sp³-hybridized carbons (Fsp3) is 0.500. The first-order valence-electron chi connectivity index (χ1n) is 4.17. The van der Waals surface area contributed by atoms with Crippen molar-refractivity contribution >= 4 is 33.8 Å². The minimum absolute atomic E-state index is 0.591. The summed E-state index contributed by atoms with van der Waals surface area (Å²) in [5, 5.41) is 1.09. The lowest BCUT2D eigenvalue weighted by Gasteiger charge is -2.25. The second-order valence-electron chi connectivity index (χ2n) is 2.89. The van der Waals surface area contributed by atoms with E-state index in [1.54, 1.807) is 6.20 Å². The van der Waals surface area contributed by atoms with Crippen LogP contribution >= 0.6 is 22.9 Å². The van der Waals surface area contributed by atoms with Crippen LogP contribution in [0.1, 0.15) is 13.3 Å². The molecule has 0 radical (unpaired) electrons. The van der Waals surface area contributed by atoms with Crippen molar-refractivity contribution in [1.29, 1.82) is 0 Å². The molecule has 5 heteroatoms. The number of aliphatic imine (C=N–C) groups is 1. The Labute approximate surface area is 86.1 Å². The van der Waals surface area contributed by atoms with Crippen LogP contribution in [0.5, 0.6) is 0 Å². The van der Waals surface area contributed by atoms with E-state index in [-0.39, 0.29) is 0 Å². The number of hydrogen-bond donors (Lipinski definition) is 0. The van der Waals surface area contributed by atoms with Crippen molar-refractivity contribution in [3.05, 3.63) is 10.7 Å². The summed E-state index contributed by atoms with van der Waals surface area (Å²) in [6.45, 7) is 3.98. The van der Waals surface area contributed by atoms with E-state index in [9.17, 15) is 0 Å². The molecule has 0 fully saturated rings. The molecule has 0 N–H and O–H groups in total. The number of anilines is 1. The molecular weight excluding hydrogens is 206 g/mol. The average Bonchev–Trinajstić information content (AvgIpc) is 2.53. The maximum atomic E-state index is 5.77. The lowest BCUT2D eigenvalue weighted by atomic mass is 10.3. The van der Waals surface area contributed by atoms with Crippen molar-refractivity contribution in [3.8, 4) is 0 Å². The largest absolute Gasteiger partial charge is 0.321 e. The molecule has 0 spiro atoms. The summed E-state index contributed by atoms with van der Waals surface area (Å²) in [7, 11) is 0. The van der Waals surface area contributed by atoms with Crippen LogP contribution in [0.15, 0.2) is 11.2 Å². The van der Waals surface area contributed by atoms with Gasteiger partial charge in [-0.3, -0.25) is 4.99 Å².